The monoisotopic (exact) mass is 244 g/mol. The van der Waals surface area contributed by atoms with E-state index in [0.29, 0.717) is 25.9 Å². The van der Waals surface area contributed by atoms with Crippen molar-refractivity contribution >= 4 is 11.9 Å². The van der Waals surface area contributed by atoms with Gasteiger partial charge in [-0.25, -0.2) is 0 Å². The molecule has 17 heavy (non-hydrogen) atoms. The van der Waals surface area contributed by atoms with Crippen molar-refractivity contribution in [3.8, 4) is 0 Å². The van der Waals surface area contributed by atoms with Crippen molar-refractivity contribution in [3.05, 3.63) is 0 Å². The molecule has 4 nitrogen and oxygen atoms in total. The minimum atomic E-state index is -0.811. The maximum atomic E-state index is 11.2. The summed E-state index contributed by atoms with van der Waals surface area (Å²) < 4.78 is 5.04. The Hall–Kier alpha value is -1.06. The maximum Gasteiger partial charge on any atom is 0.305 e. The molecule has 0 aliphatic rings. The molecule has 1 N–H and O–H groups in total. The Morgan fingerprint density at radius 3 is 2.24 bits per heavy atom. The molecule has 0 aliphatic heterocycles. The third-order valence-electron chi connectivity index (χ3n) is 2.53. The Labute approximate surface area is 103 Å². The van der Waals surface area contributed by atoms with Crippen LogP contribution in [0.2, 0.25) is 0 Å². The van der Waals surface area contributed by atoms with Gasteiger partial charge >= 0.3 is 11.9 Å². The lowest BCUT2D eigenvalue weighted by molar-refractivity contribution is -0.144. The van der Waals surface area contributed by atoms with Crippen molar-refractivity contribution in [1.82, 2.24) is 0 Å². The fourth-order valence-electron chi connectivity index (χ4n) is 1.51. The topological polar surface area (TPSA) is 63.6 Å². The number of hydrogen-bond acceptors (Lipinski definition) is 3. The number of carboxylic acids is 1. The molecule has 4 heteroatoms. The third-order valence-corrected chi connectivity index (χ3v) is 2.53. The molecule has 0 aromatic heterocycles. The van der Waals surface area contributed by atoms with E-state index in [9.17, 15) is 9.59 Å². The van der Waals surface area contributed by atoms with Gasteiger partial charge in [0.05, 0.1) is 6.61 Å². The van der Waals surface area contributed by atoms with Crippen molar-refractivity contribution < 1.29 is 19.4 Å². The van der Waals surface area contributed by atoms with Crippen LogP contribution in [0.15, 0.2) is 0 Å². The number of rotatable bonds is 11. The normalized spacial score (nSPS) is 10.2. The molecular weight excluding hydrogens is 220 g/mol. The number of carboxylic acid groups (broad SMARTS) is 1. The molecule has 0 heterocycles. The van der Waals surface area contributed by atoms with Gasteiger partial charge in [0.1, 0.15) is 0 Å². The Morgan fingerprint density at radius 2 is 1.59 bits per heavy atom. The lowest BCUT2D eigenvalue weighted by Crippen LogP contribution is -2.06. The zero-order valence-corrected chi connectivity index (χ0v) is 10.7. The standard InChI is InChI=1S/C13H24O4/c1-2-3-4-5-8-11-17-13(16)10-7-6-9-12(14)15/h2-11H2,1H3,(H,14,15). The fraction of sp³-hybridized carbons (Fsp3) is 0.846. The van der Waals surface area contributed by atoms with E-state index < -0.39 is 5.97 Å². The summed E-state index contributed by atoms with van der Waals surface area (Å²) in [7, 11) is 0. The van der Waals surface area contributed by atoms with Crippen molar-refractivity contribution in [2.45, 2.75) is 64.7 Å². The van der Waals surface area contributed by atoms with Crippen LogP contribution in [0.25, 0.3) is 0 Å². The highest BCUT2D eigenvalue weighted by atomic mass is 16.5. The summed E-state index contributed by atoms with van der Waals surface area (Å²) in [5.41, 5.74) is 0. The molecule has 0 bridgehead atoms. The van der Waals surface area contributed by atoms with Crippen LogP contribution in [0.5, 0.6) is 0 Å². The van der Waals surface area contributed by atoms with Crippen molar-refractivity contribution in [2.75, 3.05) is 6.61 Å². The van der Waals surface area contributed by atoms with Gasteiger partial charge in [-0.3, -0.25) is 9.59 Å². The maximum absolute atomic E-state index is 11.2. The van der Waals surface area contributed by atoms with Gasteiger partial charge in [0.15, 0.2) is 0 Å². The summed E-state index contributed by atoms with van der Waals surface area (Å²) in [5, 5.41) is 8.41. The van der Waals surface area contributed by atoms with Crippen LogP contribution >= 0.6 is 0 Å². The Balaban J connectivity index is 3.20. The average Bonchev–Trinajstić information content (AvgIpc) is 2.29. The number of unbranched alkanes of at least 4 members (excludes halogenated alkanes) is 5. The summed E-state index contributed by atoms with van der Waals surface area (Å²) in [6, 6.07) is 0. The molecule has 0 saturated heterocycles. The Kier molecular flexibility index (Phi) is 10.7. The molecule has 0 aromatic rings. The van der Waals surface area contributed by atoms with Gasteiger partial charge in [-0.05, 0) is 19.3 Å². The second kappa shape index (κ2) is 11.4. The van der Waals surface area contributed by atoms with Gasteiger partial charge in [0.2, 0.25) is 0 Å². The molecule has 0 aliphatic carbocycles. The molecule has 0 radical (unpaired) electrons. The first-order valence-corrected chi connectivity index (χ1v) is 6.54. The van der Waals surface area contributed by atoms with E-state index in [-0.39, 0.29) is 12.4 Å². The first-order valence-electron chi connectivity index (χ1n) is 6.54. The smallest absolute Gasteiger partial charge is 0.305 e. The third kappa shape index (κ3) is 12.9. The van der Waals surface area contributed by atoms with Gasteiger partial charge in [0.25, 0.3) is 0 Å². The van der Waals surface area contributed by atoms with E-state index >= 15 is 0 Å². The minimum Gasteiger partial charge on any atom is -0.481 e. The van der Waals surface area contributed by atoms with E-state index in [0.717, 1.165) is 12.8 Å². The predicted molar refractivity (Wildman–Crippen MR) is 65.8 cm³/mol. The molecule has 0 rings (SSSR count). The van der Waals surface area contributed by atoms with Gasteiger partial charge in [0, 0.05) is 12.8 Å². The van der Waals surface area contributed by atoms with Crippen LogP contribution in [-0.4, -0.2) is 23.7 Å². The molecule has 0 unspecified atom stereocenters. The van der Waals surface area contributed by atoms with E-state index in [1.54, 1.807) is 0 Å². The lowest BCUT2D eigenvalue weighted by Gasteiger charge is -2.04. The number of esters is 1. The van der Waals surface area contributed by atoms with Gasteiger partial charge in [-0.15, -0.1) is 0 Å². The molecule has 0 spiro atoms. The summed E-state index contributed by atoms with van der Waals surface area (Å²) in [4.78, 5) is 21.4. The van der Waals surface area contributed by atoms with Crippen LogP contribution in [0.3, 0.4) is 0 Å². The predicted octanol–water partition coefficient (Wildman–Crippen LogP) is 3.15. The zero-order valence-electron chi connectivity index (χ0n) is 10.7. The molecule has 100 valence electrons. The largest absolute Gasteiger partial charge is 0.481 e. The number of ether oxygens (including phenoxy) is 1. The van der Waals surface area contributed by atoms with Crippen LogP contribution in [0.4, 0.5) is 0 Å². The molecular formula is C13H24O4. The molecule has 0 fully saturated rings. The zero-order chi connectivity index (χ0) is 12.9. The summed E-state index contributed by atoms with van der Waals surface area (Å²) >= 11 is 0. The first-order chi connectivity index (χ1) is 8.16. The highest BCUT2D eigenvalue weighted by molar-refractivity contribution is 5.69. The van der Waals surface area contributed by atoms with Gasteiger partial charge in [-0.1, -0.05) is 32.6 Å². The van der Waals surface area contributed by atoms with Crippen molar-refractivity contribution in [1.29, 1.82) is 0 Å². The summed E-state index contributed by atoms with van der Waals surface area (Å²) in [6.07, 6.45) is 7.30. The van der Waals surface area contributed by atoms with Gasteiger partial charge < -0.3 is 9.84 Å². The number of aliphatic carboxylic acids is 1. The molecule has 0 saturated carbocycles. The lowest BCUT2D eigenvalue weighted by atomic mass is 10.2. The molecule has 0 atom stereocenters. The summed E-state index contributed by atoms with van der Waals surface area (Å²) in [6.45, 7) is 2.67. The highest BCUT2D eigenvalue weighted by Gasteiger charge is 2.03. The van der Waals surface area contributed by atoms with Crippen molar-refractivity contribution in [2.24, 2.45) is 0 Å². The first kappa shape index (κ1) is 15.9. The van der Waals surface area contributed by atoms with Crippen LogP contribution < -0.4 is 0 Å². The van der Waals surface area contributed by atoms with E-state index in [1.807, 2.05) is 0 Å². The SMILES string of the molecule is CCCCCCCOC(=O)CCCCC(=O)O. The Bertz CT molecular complexity index is 213. The van der Waals surface area contributed by atoms with E-state index in [2.05, 4.69) is 6.92 Å². The second-order valence-electron chi connectivity index (χ2n) is 4.24. The average molecular weight is 244 g/mol. The minimum absolute atomic E-state index is 0.129. The van der Waals surface area contributed by atoms with Gasteiger partial charge in [-0.2, -0.15) is 0 Å². The quantitative estimate of drug-likeness (QED) is 0.448. The highest BCUT2D eigenvalue weighted by Crippen LogP contribution is 2.04. The second-order valence-corrected chi connectivity index (χ2v) is 4.24. The molecule has 0 amide bonds. The van der Waals surface area contributed by atoms with E-state index in [4.69, 9.17) is 9.84 Å². The number of carbonyl (C=O) groups excluding carboxylic acids is 1. The molecule has 0 aromatic carbocycles. The van der Waals surface area contributed by atoms with Crippen LogP contribution in [0.1, 0.15) is 64.7 Å². The van der Waals surface area contributed by atoms with Crippen LogP contribution in [-0.2, 0) is 14.3 Å². The Morgan fingerprint density at radius 1 is 0.941 bits per heavy atom. The van der Waals surface area contributed by atoms with Crippen molar-refractivity contribution in [3.63, 3.8) is 0 Å². The van der Waals surface area contributed by atoms with Crippen LogP contribution in [0, 0.1) is 0 Å². The number of carbonyl (C=O) groups is 2. The van der Waals surface area contributed by atoms with E-state index in [1.165, 1.54) is 19.3 Å². The summed E-state index contributed by atoms with van der Waals surface area (Å²) in [5.74, 6) is -1.01. The number of hydrogen-bond donors (Lipinski definition) is 1. The fourth-order valence-corrected chi connectivity index (χ4v) is 1.51.